The molecule has 1 aromatic carbocycles. The zero-order chi connectivity index (χ0) is 13.9. The van der Waals surface area contributed by atoms with E-state index in [0.29, 0.717) is 11.6 Å². The average molecular weight is 281 g/mol. The largest absolute Gasteiger partial charge is 0.349 e. The van der Waals surface area contributed by atoms with Gasteiger partial charge < -0.3 is 11.1 Å². The van der Waals surface area contributed by atoms with E-state index in [2.05, 4.69) is 5.32 Å². The first-order valence-electron chi connectivity index (χ1n) is 6.84. The maximum atomic E-state index is 12.4. The van der Waals surface area contributed by atoms with E-state index in [1.165, 1.54) is 0 Å². The van der Waals surface area contributed by atoms with Crippen molar-refractivity contribution in [3.8, 4) is 0 Å². The van der Waals surface area contributed by atoms with Gasteiger partial charge in [0, 0.05) is 11.6 Å². The van der Waals surface area contributed by atoms with Crippen LogP contribution in [0.3, 0.4) is 0 Å². The summed E-state index contributed by atoms with van der Waals surface area (Å²) in [7, 11) is 0. The van der Waals surface area contributed by atoms with Crippen LogP contribution >= 0.6 is 11.6 Å². The Bertz CT molecular complexity index is 438. The molecule has 1 aliphatic carbocycles. The number of nitrogens with two attached hydrogens (primary N) is 1. The predicted molar refractivity (Wildman–Crippen MR) is 78.0 cm³/mol. The van der Waals surface area contributed by atoms with Gasteiger partial charge in [0.05, 0.1) is 11.5 Å². The highest BCUT2D eigenvalue weighted by molar-refractivity contribution is 6.30. The van der Waals surface area contributed by atoms with Gasteiger partial charge in [-0.05, 0) is 37.5 Å². The molecule has 1 aromatic rings. The average Bonchev–Trinajstić information content (AvgIpc) is 2.89. The lowest BCUT2D eigenvalue weighted by Gasteiger charge is -2.28. The van der Waals surface area contributed by atoms with Gasteiger partial charge in [0.2, 0.25) is 5.91 Å². The molecule has 1 unspecified atom stereocenters. The molecule has 3 N–H and O–H groups in total. The summed E-state index contributed by atoms with van der Waals surface area (Å²) in [5.74, 6) is 0.0925. The Morgan fingerprint density at radius 3 is 2.47 bits per heavy atom. The van der Waals surface area contributed by atoms with Gasteiger partial charge in [-0.15, -0.1) is 0 Å². The highest BCUT2D eigenvalue weighted by Gasteiger charge is 2.40. The predicted octanol–water partition coefficient (Wildman–Crippen LogP) is 3.04. The Morgan fingerprint density at radius 1 is 1.37 bits per heavy atom. The molecule has 19 heavy (non-hydrogen) atoms. The quantitative estimate of drug-likeness (QED) is 0.891. The third kappa shape index (κ3) is 3.10. The molecule has 0 radical (unpaired) electrons. The molecule has 0 saturated heterocycles. The lowest BCUT2D eigenvalue weighted by Crippen LogP contribution is -2.44. The summed E-state index contributed by atoms with van der Waals surface area (Å²) in [6.07, 6.45) is 4.01. The number of hydrogen-bond donors (Lipinski definition) is 2. The minimum absolute atomic E-state index is 0.0196. The smallest absolute Gasteiger partial charge is 0.227 e. The maximum Gasteiger partial charge on any atom is 0.227 e. The van der Waals surface area contributed by atoms with Crippen molar-refractivity contribution in [3.63, 3.8) is 0 Å². The zero-order valence-electron chi connectivity index (χ0n) is 11.3. The topological polar surface area (TPSA) is 55.1 Å². The second-order valence-corrected chi connectivity index (χ2v) is 5.87. The molecule has 0 aromatic heterocycles. The molecule has 1 aliphatic rings. The second-order valence-electron chi connectivity index (χ2n) is 5.44. The zero-order valence-corrected chi connectivity index (χ0v) is 12.0. The van der Waals surface area contributed by atoms with Crippen LogP contribution in [0.15, 0.2) is 24.3 Å². The van der Waals surface area contributed by atoms with Gasteiger partial charge >= 0.3 is 0 Å². The van der Waals surface area contributed by atoms with E-state index in [4.69, 9.17) is 17.3 Å². The fourth-order valence-electron chi connectivity index (χ4n) is 2.76. The number of hydrogen-bond acceptors (Lipinski definition) is 2. The van der Waals surface area contributed by atoms with E-state index >= 15 is 0 Å². The molecule has 1 amide bonds. The molecular weight excluding hydrogens is 260 g/mol. The number of carbonyl (C=O) groups excluding carboxylic acids is 1. The first-order valence-corrected chi connectivity index (χ1v) is 7.22. The van der Waals surface area contributed by atoms with Gasteiger partial charge in [-0.25, -0.2) is 0 Å². The van der Waals surface area contributed by atoms with Crippen LogP contribution in [0.25, 0.3) is 0 Å². The van der Waals surface area contributed by atoms with E-state index < -0.39 is 0 Å². The Morgan fingerprint density at radius 2 is 1.95 bits per heavy atom. The van der Waals surface area contributed by atoms with Crippen LogP contribution in [-0.2, 0) is 4.79 Å². The summed E-state index contributed by atoms with van der Waals surface area (Å²) >= 11 is 5.87. The number of halogens is 1. The number of amides is 1. The van der Waals surface area contributed by atoms with Crippen LogP contribution < -0.4 is 11.1 Å². The van der Waals surface area contributed by atoms with Crippen LogP contribution in [-0.4, -0.2) is 12.5 Å². The Balaban J connectivity index is 2.04. The lowest BCUT2D eigenvalue weighted by molar-refractivity contribution is -0.131. The third-order valence-electron chi connectivity index (χ3n) is 4.15. The summed E-state index contributed by atoms with van der Waals surface area (Å²) in [5, 5.41) is 3.79. The van der Waals surface area contributed by atoms with Crippen molar-refractivity contribution in [3.05, 3.63) is 34.9 Å². The standard InChI is InChI=1S/C15H21ClN2O/c1-11(12-4-6-13(16)7-5-12)18-14(19)15(10-17)8-2-3-9-15/h4-7,11H,2-3,8-10,17H2,1H3,(H,18,19). The molecule has 0 heterocycles. The molecule has 1 fully saturated rings. The summed E-state index contributed by atoms with van der Waals surface area (Å²) in [4.78, 5) is 12.4. The number of benzene rings is 1. The number of carbonyl (C=O) groups is 1. The number of nitrogens with one attached hydrogen (secondary N) is 1. The minimum Gasteiger partial charge on any atom is -0.349 e. The molecule has 1 atom stereocenters. The third-order valence-corrected chi connectivity index (χ3v) is 4.40. The van der Waals surface area contributed by atoms with Crippen molar-refractivity contribution in [2.24, 2.45) is 11.1 Å². The Labute approximate surface area is 119 Å². The van der Waals surface area contributed by atoms with Crippen LogP contribution in [0, 0.1) is 5.41 Å². The van der Waals surface area contributed by atoms with Crippen molar-refractivity contribution >= 4 is 17.5 Å². The van der Waals surface area contributed by atoms with Crippen LogP contribution in [0.1, 0.15) is 44.2 Å². The van der Waals surface area contributed by atoms with Crippen LogP contribution in [0.2, 0.25) is 5.02 Å². The fourth-order valence-corrected chi connectivity index (χ4v) is 2.89. The fraction of sp³-hybridized carbons (Fsp3) is 0.533. The van der Waals surface area contributed by atoms with Gasteiger partial charge in [0.25, 0.3) is 0 Å². The highest BCUT2D eigenvalue weighted by atomic mass is 35.5. The summed E-state index contributed by atoms with van der Waals surface area (Å²) < 4.78 is 0. The molecule has 4 heteroatoms. The summed E-state index contributed by atoms with van der Waals surface area (Å²) in [5.41, 5.74) is 6.54. The van der Waals surface area contributed by atoms with Gasteiger partial charge in [-0.2, -0.15) is 0 Å². The van der Waals surface area contributed by atoms with Gasteiger partial charge in [0.1, 0.15) is 0 Å². The van der Waals surface area contributed by atoms with Crippen molar-refractivity contribution in [2.45, 2.75) is 38.6 Å². The van der Waals surface area contributed by atoms with E-state index in [1.54, 1.807) is 0 Å². The molecule has 0 aliphatic heterocycles. The van der Waals surface area contributed by atoms with Crippen molar-refractivity contribution in [2.75, 3.05) is 6.54 Å². The summed E-state index contributed by atoms with van der Waals surface area (Å²) in [6.45, 7) is 2.42. The van der Waals surface area contributed by atoms with E-state index in [9.17, 15) is 4.79 Å². The molecule has 1 saturated carbocycles. The normalized spacial score (nSPS) is 19.1. The van der Waals surface area contributed by atoms with Gasteiger partial charge in [0.15, 0.2) is 0 Å². The first-order chi connectivity index (χ1) is 9.07. The number of rotatable bonds is 4. The second kappa shape index (κ2) is 5.93. The molecule has 104 valence electrons. The van der Waals surface area contributed by atoms with Gasteiger partial charge in [-0.1, -0.05) is 36.6 Å². The molecule has 0 spiro atoms. The summed E-state index contributed by atoms with van der Waals surface area (Å²) in [6, 6.07) is 7.55. The molecule has 0 bridgehead atoms. The van der Waals surface area contributed by atoms with Crippen LogP contribution in [0.5, 0.6) is 0 Å². The highest BCUT2D eigenvalue weighted by Crippen LogP contribution is 2.37. The van der Waals surface area contributed by atoms with Crippen LogP contribution in [0.4, 0.5) is 0 Å². The Kier molecular flexibility index (Phi) is 4.48. The lowest BCUT2D eigenvalue weighted by atomic mass is 9.85. The molecule has 2 rings (SSSR count). The molecular formula is C15H21ClN2O. The monoisotopic (exact) mass is 280 g/mol. The minimum atomic E-state index is -0.347. The van der Waals surface area contributed by atoms with Crippen molar-refractivity contribution in [1.82, 2.24) is 5.32 Å². The Hall–Kier alpha value is -1.06. The van der Waals surface area contributed by atoms with E-state index in [1.807, 2.05) is 31.2 Å². The van der Waals surface area contributed by atoms with Crippen molar-refractivity contribution < 1.29 is 4.79 Å². The first kappa shape index (κ1) is 14.4. The van der Waals surface area contributed by atoms with E-state index in [-0.39, 0.29) is 17.4 Å². The van der Waals surface area contributed by atoms with E-state index in [0.717, 1.165) is 31.2 Å². The maximum absolute atomic E-state index is 12.4. The SMILES string of the molecule is CC(NC(=O)C1(CN)CCCC1)c1ccc(Cl)cc1. The van der Waals surface area contributed by atoms with Gasteiger partial charge in [-0.3, -0.25) is 4.79 Å². The molecule has 3 nitrogen and oxygen atoms in total. The van der Waals surface area contributed by atoms with Crippen molar-refractivity contribution in [1.29, 1.82) is 0 Å².